The molecule has 2 aromatic rings. The van der Waals surface area contributed by atoms with Gasteiger partial charge in [-0.05, 0) is 31.5 Å². The molecular weight excluding hydrogens is 292 g/mol. The van der Waals surface area contributed by atoms with Crippen molar-refractivity contribution in [3.8, 4) is 0 Å². The van der Waals surface area contributed by atoms with Crippen LogP contribution in [0.2, 0.25) is 0 Å². The summed E-state index contributed by atoms with van der Waals surface area (Å²) in [5.41, 5.74) is 2.60. The minimum Gasteiger partial charge on any atom is -0.367 e. The Balaban J connectivity index is 1.87. The summed E-state index contributed by atoms with van der Waals surface area (Å²) in [5, 5.41) is 11.0. The molecule has 1 unspecified atom stereocenters. The van der Waals surface area contributed by atoms with Crippen molar-refractivity contribution in [3.05, 3.63) is 69.8 Å². The molecule has 5 nitrogen and oxygen atoms in total. The molecule has 1 atom stereocenters. The van der Waals surface area contributed by atoms with Crippen LogP contribution in [0.25, 0.3) is 0 Å². The summed E-state index contributed by atoms with van der Waals surface area (Å²) >= 11 is 0. The van der Waals surface area contributed by atoms with Gasteiger partial charge in [-0.25, -0.2) is 0 Å². The lowest BCUT2D eigenvalue weighted by atomic mass is 9.93. The zero-order valence-corrected chi connectivity index (χ0v) is 13.4. The van der Waals surface area contributed by atoms with E-state index >= 15 is 0 Å². The van der Waals surface area contributed by atoms with Crippen LogP contribution in [0, 0.1) is 17.0 Å². The lowest BCUT2D eigenvalue weighted by Crippen LogP contribution is -2.48. The Morgan fingerprint density at radius 2 is 1.96 bits per heavy atom. The molecule has 0 spiro atoms. The number of morpholine rings is 1. The van der Waals surface area contributed by atoms with Crippen LogP contribution in [0.1, 0.15) is 18.1 Å². The maximum atomic E-state index is 11.0. The molecule has 0 radical (unpaired) electrons. The van der Waals surface area contributed by atoms with E-state index in [0.29, 0.717) is 18.7 Å². The maximum absolute atomic E-state index is 11.0. The summed E-state index contributed by atoms with van der Waals surface area (Å²) in [7, 11) is 0. The molecule has 1 aliphatic heterocycles. The van der Waals surface area contributed by atoms with Crippen molar-refractivity contribution in [2.75, 3.05) is 24.6 Å². The van der Waals surface area contributed by atoms with Gasteiger partial charge in [0.2, 0.25) is 0 Å². The third-order valence-electron chi connectivity index (χ3n) is 4.40. The second-order valence-electron chi connectivity index (χ2n) is 6.09. The number of aryl methyl sites for hydroxylation is 1. The smallest absolute Gasteiger partial charge is 0.272 e. The van der Waals surface area contributed by atoms with Gasteiger partial charge in [-0.2, -0.15) is 0 Å². The van der Waals surface area contributed by atoms with Gasteiger partial charge in [-0.15, -0.1) is 0 Å². The van der Waals surface area contributed by atoms with Crippen molar-refractivity contribution in [1.29, 1.82) is 0 Å². The summed E-state index contributed by atoms with van der Waals surface area (Å²) < 4.78 is 6.05. The zero-order valence-electron chi connectivity index (χ0n) is 13.4. The van der Waals surface area contributed by atoms with E-state index < -0.39 is 0 Å². The summed E-state index contributed by atoms with van der Waals surface area (Å²) in [4.78, 5) is 12.9. The fourth-order valence-electron chi connectivity index (χ4n) is 3.10. The summed E-state index contributed by atoms with van der Waals surface area (Å²) in [6.45, 7) is 5.99. The van der Waals surface area contributed by atoms with Crippen molar-refractivity contribution in [3.63, 3.8) is 0 Å². The Bertz CT molecular complexity index is 717. The van der Waals surface area contributed by atoms with Gasteiger partial charge >= 0.3 is 0 Å². The van der Waals surface area contributed by atoms with Gasteiger partial charge in [0.1, 0.15) is 5.60 Å². The number of hydrogen-bond donors (Lipinski definition) is 0. The van der Waals surface area contributed by atoms with Gasteiger partial charge < -0.3 is 9.64 Å². The molecule has 23 heavy (non-hydrogen) atoms. The van der Waals surface area contributed by atoms with E-state index in [1.54, 1.807) is 13.0 Å². The van der Waals surface area contributed by atoms with Crippen molar-refractivity contribution in [1.82, 2.24) is 0 Å². The fourth-order valence-corrected chi connectivity index (χ4v) is 3.10. The normalized spacial score (nSPS) is 21.2. The van der Waals surface area contributed by atoms with Gasteiger partial charge in [0.15, 0.2) is 0 Å². The van der Waals surface area contributed by atoms with Crippen LogP contribution in [0.3, 0.4) is 0 Å². The van der Waals surface area contributed by atoms with Crippen LogP contribution < -0.4 is 4.90 Å². The molecule has 2 aromatic carbocycles. The molecule has 0 aliphatic carbocycles. The Kier molecular flexibility index (Phi) is 4.05. The summed E-state index contributed by atoms with van der Waals surface area (Å²) in [6.07, 6.45) is 0. The molecule has 0 saturated carbocycles. The first kappa shape index (κ1) is 15.5. The first-order valence-corrected chi connectivity index (χ1v) is 7.69. The number of benzene rings is 2. The maximum Gasteiger partial charge on any atom is 0.272 e. The van der Waals surface area contributed by atoms with Gasteiger partial charge in [-0.1, -0.05) is 30.3 Å². The Hall–Kier alpha value is -2.40. The fraction of sp³-hybridized carbons (Fsp3) is 0.333. The highest BCUT2D eigenvalue weighted by Gasteiger charge is 2.34. The number of rotatable bonds is 3. The lowest BCUT2D eigenvalue weighted by Gasteiger charge is -2.42. The number of hydrogen-bond acceptors (Lipinski definition) is 4. The SMILES string of the molecule is Cc1cc(N2CCOC(C)(c3ccccc3)C2)ccc1[N+](=O)[O-]. The number of nitro groups is 1. The van der Waals surface area contributed by atoms with Crippen LogP contribution in [0.15, 0.2) is 48.5 Å². The van der Waals surface area contributed by atoms with Gasteiger partial charge in [0.25, 0.3) is 5.69 Å². The number of nitrogens with zero attached hydrogens (tertiary/aromatic N) is 2. The first-order chi connectivity index (χ1) is 11.0. The van der Waals surface area contributed by atoms with Crippen LogP contribution in [0.4, 0.5) is 11.4 Å². The van der Waals surface area contributed by atoms with Crippen molar-refractivity contribution < 1.29 is 9.66 Å². The topological polar surface area (TPSA) is 55.6 Å². The van der Waals surface area contributed by atoms with Crippen molar-refractivity contribution in [2.24, 2.45) is 0 Å². The Morgan fingerprint density at radius 3 is 2.61 bits per heavy atom. The average Bonchev–Trinajstić information content (AvgIpc) is 2.55. The second-order valence-corrected chi connectivity index (χ2v) is 6.09. The Labute approximate surface area is 135 Å². The molecule has 3 rings (SSSR count). The molecule has 0 N–H and O–H groups in total. The second kappa shape index (κ2) is 6.01. The molecule has 0 amide bonds. The van der Waals surface area contributed by atoms with E-state index in [1.165, 1.54) is 0 Å². The zero-order chi connectivity index (χ0) is 16.4. The first-order valence-electron chi connectivity index (χ1n) is 7.69. The van der Waals surface area contributed by atoms with Crippen molar-refractivity contribution in [2.45, 2.75) is 19.4 Å². The van der Waals surface area contributed by atoms with Gasteiger partial charge in [0, 0.05) is 23.9 Å². The van der Waals surface area contributed by atoms with Crippen LogP contribution in [-0.4, -0.2) is 24.6 Å². The molecular formula is C18H20N2O3. The summed E-state index contributed by atoms with van der Waals surface area (Å²) in [5.74, 6) is 0. The minimum atomic E-state index is -0.380. The molecule has 1 fully saturated rings. The molecule has 5 heteroatoms. The molecule has 0 bridgehead atoms. The van der Waals surface area contributed by atoms with Crippen molar-refractivity contribution >= 4 is 11.4 Å². The lowest BCUT2D eigenvalue weighted by molar-refractivity contribution is -0.385. The summed E-state index contributed by atoms with van der Waals surface area (Å²) in [6, 6.07) is 15.5. The number of ether oxygens (including phenoxy) is 1. The molecule has 0 aromatic heterocycles. The van der Waals surface area contributed by atoms with Crippen LogP contribution in [0.5, 0.6) is 0 Å². The van der Waals surface area contributed by atoms with E-state index in [9.17, 15) is 10.1 Å². The highest BCUT2D eigenvalue weighted by Crippen LogP contribution is 2.33. The van der Waals surface area contributed by atoms with Gasteiger partial charge in [-0.3, -0.25) is 10.1 Å². The largest absolute Gasteiger partial charge is 0.367 e. The van der Waals surface area contributed by atoms with Crippen LogP contribution >= 0.6 is 0 Å². The third kappa shape index (κ3) is 3.05. The van der Waals surface area contributed by atoms with E-state index in [1.807, 2.05) is 30.3 Å². The van der Waals surface area contributed by atoms with E-state index in [0.717, 1.165) is 17.8 Å². The number of anilines is 1. The van der Waals surface area contributed by atoms with E-state index in [4.69, 9.17) is 4.74 Å². The molecule has 1 heterocycles. The molecule has 120 valence electrons. The third-order valence-corrected chi connectivity index (χ3v) is 4.40. The number of nitro benzene ring substituents is 1. The molecule has 1 aliphatic rings. The highest BCUT2D eigenvalue weighted by atomic mass is 16.6. The average molecular weight is 312 g/mol. The van der Waals surface area contributed by atoms with Gasteiger partial charge in [0.05, 0.1) is 18.1 Å². The monoisotopic (exact) mass is 312 g/mol. The predicted molar refractivity (Wildman–Crippen MR) is 89.8 cm³/mol. The van der Waals surface area contributed by atoms with E-state index in [-0.39, 0.29) is 16.2 Å². The minimum absolute atomic E-state index is 0.160. The van der Waals surface area contributed by atoms with Crippen LogP contribution in [-0.2, 0) is 10.3 Å². The molecule has 1 saturated heterocycles. The Morgan fingerprint density at radius 1 is 1.22 bits per heavy atom. The van der Waals surface area contributed by atoms with E-state index in [2.05, 4.69) is 24.0 Å². The predicted octanol–water partition coefficient (Wildman–Crippen LogP) is 3.66. The highest BCUT2D eigenvalue weighted by molar-refractivity contribution is 5.56. The standard InChI is InChI=1S/C18H20N2O3/c1-14-12-16(8-9-17(14)20(21)22)19-10-11-23-18(2,13-19)15-6-4-3-5-7-15/h3-9,12H,10-11,13H2,1-2H3. The quantitative estimate of drug-likeness (QED) is 0.641.